The van der Waals surface area contributed by atoms with Crippen molar-refractivity contribution in [3.8, 4) is 17.2 Å². The molecule has 2 rings (SSSR count). The van der Waals surface area contributed by atoms with Crippen molar-refractivity contribution in [3.05, 3.63) is 53.6 Å². The number of nitrogens with one attached hydrogen (secondary N) is 2. The van der Waals surface area contributed by atoms with E-state index in [2.05, 4.69) is 10.6 Å². The molecule has 29 heavy (non-hydrogen) atoms. The van der Waals surface area contributed by atoms with Crippen molar-refractivity contribution in [3.63, 3.8) is 0 Å². The minimum Gasteiger partial charge on any atom is -0.497 e. The van der Waals surface area contributed by atoms with Crippen LogP contribution in [0.2, 0.25) is 0 Å². The van der Waals surface area contributed by atoms with Crippen molar-refractivity contribution in [2.75, 3.05) is 27.9 Å². The fourth-order valence-electron chi connectivity index (χ4n) is 2.81. The number of amides is 2. The lowest BCUT2D eigenvalue weighted by molar-refractivity contribution is -0.120. The molecule has 0 aliphatic rings. The zero-order valence-corrected chi connectivity index (χ0v) is 17.3. The van der Waals surface area contributed by atoms with Gasteiger partial charge in [-0.1, -0.05) is 12.1 Å². The quantitative estimate of drug-likeness (QED) is 0.640. The molecule has 0 spiro atoms. The highest BCUT2D eigenvalue weighted by Crippen LogP contribution is 2.27. The Kier molecular flexibility index (Phi) is 8.33. The van der Waals surface area contributed by atoms with Crippen LogP contribution in [0.25, 0.3) is 0 Å². The van der Waals surface area contributed by atoms with E-state index in [0.717, 1.165) is 18.6 Å². The summed E-state index contributed by atoms with van der Waals surface area (Å²) in [5, 5.41) is 5.52. The topological polar surface area (TPSA) is 85.9 Å². The van der Waals surface area contributed by atoms with Gasteiger partial charge in [-0.3, -0.25) is 9.59 Å². The predicted molar refractivity (Wildman–Crippen MR) is 111 cm³/mol. The van der Waals surface area contributed by atoms with E-state index in [0.29, 0.717) is 17.1 Å². The third-order valence-electron chi connectivity index (χ3n) is 4.49. The molecule has 0 fully saturated rings. The number of carbonyl (C=O) groups excluding carboxylic acids is 2. The van der Waals surface area contributed by atoms with Crippen LogP contribution in [0.5, 0.6) is 17.2 Å². The highest BCUT2D eigenvalue weighted by molar-refractivity contribution is 5.97. The smallest absolute Gasteiger partial charge is 0.251 e. The molecule has 1 unspecified atom stereocenters. The summed E-state index contributed by atoms with van der Waals surface area (Å²) in [6.45, 7) is 1.84. The molecule has 2 aromatic carbocycles. The van der Waals surface area contributed by atoms with Crippen LogP contribution in [-0.4, -0.2) is 45.7 Å². The normalized spacial score (nSPS) is 11.3. The second-order valence-electron chi connectivity index (χ2n) is 6.61. The van der Waals surface area contributed by atoms with E-state index in [9.17, 15) is 9.59 Å². The van der Waals surface area contributed by atoms with Crippen LogP contribution in [0.4, 0.5) is 0 Å². The fraction of sp³-hybridized carbons (Fsp3) is 0.364. The second kappa shape index (κ2) is 10.9. The van der Waals surface area contributed by atoms with Gasteiger partial charge in [-0.25, -0.2) is 0 Å². The first-order chi connectivity index (χ1) is 14.0. The lowest BCUT2D eigenvalue weighted by Gasteiger charge is -2.15. The average Bonchev–Trinajstić information content (AvgIpc) is 2.75. The summed E-state index contributed by atoms with van der Waals surface area (Å²) in [4.78, 5) is 24.4. The zero-order valence-electron chi connectivity index (χ0n) is 17.3. The number of aryl methyl sites for hydroxylation is 1. The third kappa shape index (κ3) is 6.71. The minimum atomic E-state index is -0.355. The maximum absolute atomic E-state index is 12.3. The van der Waals surface area contributed by atoms with Gasteiger partial charge in [0.1, 0.15) is 5.75 Å². The van der Waals surface area contributed by atoms with Crippen LogP contribution < -0.4 is 24.8 Å². The van der Waals surface area contributed by atoms with Crippen molar-refractivity contribution >= 4 is 11.8 Å². The van der Waals surface area contributed by atoms with Crippen LogP contribution in [0, 0.1) is 0 Å². The molecule has 0 saturated heterocycles. The zero-order chi connectivity index (χ0) is 21.2. The summed E-state index contributed by atoms with van der Waals surface area (Å²) in [6, 6.07) is 12.7. The largest absolute Gasteiger partial charge is 0.497 e. The van der Waals surface area contributed by atoms with Gasteiger partial charge < -0.3 is 24.8 Å². The Labute approximate surface area is 171 Å². The molecule has 0 saturated carbocycles. The first-order valence-corrected chi connectivity index (χ1v) is 9.39. The molecule has 7 nitrogen and oxygen atoms in total. The first kappa shape index (κ1) is 22.1. The summed E-state index contributed by atoms with van der Waals surface area (Å²) in [5.74, 6) is 1.22. The van der Waals surface area contributed by atoms with Gasteiger partial charge in [-0.15, -0.1) is 0 Å². The molecule has 0 heterocycles. The van der Waals surface area contributed by atoms with Gasteiger partial charge in [0.2, 0.25) is 5.91 Å². The molecule has 1 atom stereocenters. The molecule has 0 aliphatic heterocycles. The van der Waals surface area contributed by atoms with E-state index >= 15 is 0 Å². The summed E-state index contributed by atoms with van der Waals surface area (Å²) >= 11 is 0. The van der Waals surface area contributed by atoms with Crippen LogP contribution in [-0.2, 0) is 11.2 Å². The Morgan fingerprint density at radius 1 is 0.931 bits per heavy atom. The van der Waals surface area contributed by atoms with Gasteiger partial charge in [0.05, 0.1) is 27.9 Å². The maximum Gasteiger partial charge on any atom is 0.251 e. The minimum absolute atomic E-state index is 0.0115. The Balaban J connectivity index is 1.77. The molecule has 0 aromatic heterocycles. The maximum atomic E-state index is 12.3. The summed E-state index contributed by atoms with van der Waals surface area (Å²) in [6.07, 6.45) is 1.63. The molecular formula is C22H28N2O5. The Bertz CT molecular complexity index is 820. The van der Waals surface area contributed by atoms with Crippen molar-refractivity contribution in [1.82, 2.24) is 10.6 Å². The summed E-state index contributed by atoms with van der Waals surface area (Å²) < 4.78 is 15.5. The Morgan fingerprint density at radius 2 is 1.62 bits per heavy atom. The van der Waals surface area contributed by atoms with Crippen molar-refractivity contribution in [1.29, 1.82) is 0 Å². The van der Waals surface area contributed by atoms with E-state index in [1.807, 2.05) is 31.2 Å². The molecule has 0 aliphatic carbocycles. The molecule has 7 heteroatoms. The van der Waals surface area contributed by atoms with Gasteiger partial charge >= 0.3 is 0 Å². The number of rotatable bonds is 10. The molecule has 156 valence electrons. The van der Waals surface area contributed by atoms with Gasteiger partial charge in [0, 0.05) is 11.6 Å². The molecule has 0 bridgehead atoms. The number of ether oxygens (including phenoxy) is 3. The van der Waals surface area contributed by atoms with Gasteiger partial charge in [0.15, 0.2) is 11.5 Å². The van der Waals surface area contributed by atoms with Gasteiger partial charge in [-0.05, 0) is 55.7 Å². The third-order valence-corrected chi connectivity index (χ3v) is 4.49. The highest BCUT2D eigenvalue weighted by atomic mass is 16.5. The molecular weight excluding hydrogens is 372 g/mol. The SMILES string of the molecule is COc1ccc(CCC(C)NC(=O)CNC(=O)c2ccc(OC)c(OC)c2)cc1. The number of hydrogen-bond acceptors (Lipinski definition) is 5. The van der Waals surface area contributed by atoms with Crippen LogP contribution in [0.1, 0.15) is 29.3 Å². The van der Waals surface area contributed by atoms with Crippen LogP contribution in [0.15, 0.2) is 42.5 Å². The summed E-state index contributed by atoms with van der Waals surface area (Å²) in [7, 11) is 4.66. The second-order valence-corrected chi connectivity index (χ2v) is 6.61. The Morgan fingerprint density at radius 3 is 2.24 bits per heavy atom. The van der Waals surface area contributed by atoms with Gasteiger partial charge in [-0.2, -0.15) is 0 Å². The van der Waals surface area contributed by atoms with E-state index in [-0.39, 0.29) is 24.4 Å². The number of hydrogen-bond donors (Lipinski definition) is 2. The number of carbonyl (C=O) groups is 2. The Hall–Kier alpha value is -3.22. The van der Waals surface area contributed by atoms with Gasteiger partial charge in [0.25, 0.3) is 5.91 Å². The molecule has 2 aromatic rings. The average molecular weight is 400 g/mol. The van der Waals surface area contributed by atoms with E-state index in [1.54, 1.807) is 25.3 Å². The van der Waals surface area contributed by atoms with Crippen molar-refractivity contribution in [2.45, 2.75) is 25.8 Å². The van der Waals surface area contributed by atoms with Crippen LogP contribution in [0.3, 0.4) is 0 Å². The van der Waals surface area contributed by atoms with Crippen molar-refractivity contribution in [2.24, 2.45) is 0 Å². The highest BCUT2D eigenvalue weighted by Gasteiger charge is 2.13. The lowest BCUT2D eigenvalue weighted by atomic mass is 10.1. The first-order valence-electron chi connectivity index (χ1n) is 9.39. The van der Waals surface area contributed by atoms with E-state index < -0.39 is 0 Å². The fourth-order valence-corrected chi connectivity index (χ4v) is 2.81. The van der Waals surface area contributed by atoms with E-state index in [1.165, 1.54) is 19.8 Å². The molecule has 2 N–H and O–H groups in total. The standard InChI is InChI=1S/C22H28N2O5/c1-15(5-6-16-7-10-18(27-2)11-8-16)24-21(25)14-23-22(26)17-9-12-19(28-3)20(13-17)29-4/h7-13,15H,5-6,14H2,1-4H3,(H,23,26)(H,24,25). The lowest BCUT2D eigenvalue weighted by Crippen LogP contribution is -2.41. The monoisotopic (exact) mass is 400 g/mol. The van der Waals surface area contributed by atoms with Crippen LogP contribution >= 0.6 is 0 Å². The van der Waals surface area contributed by atoms with E-state index in [4.69, 9.17) is 14.2 Å². The van der Waals surface area contributed by atoms with Crippen molar-refractivity contribution < 1.29 is 23.8 Å². The molecule has 0 radical (unpaired) electrons. The summed E-state index contributed by atoms with van der Waals surface area (Å²) in [5.41, 5.74) is 1.57. The predicted octanol–water partition coefficient (Wildman–Crippen LogP) is 2.58. The number of methoxy groups -OCH3 is 3. The molecule has 2 amide bonds. The number of benzene rings is 2.